The number of hydrogen-bond acceptors (Lipinski definition) is 0. The van der Waals surface area contributed by atoms with Crippen LogP contribution in [0.5, 0.6) is 0 Å². The SMILES string of the molecule is CC1Cc2c1c1c(c3ccccc23)[CH]([Zr+2])c2cccc(C3=CC=CC3)c2-1.[Cl-].[Cl-]. The zero-order valence-electron chi connectivity index (χ0n) is 15.6. The molecule has 0 aliphatic heterocycles. The third-order valence-electron chi connectivity index (χ3n) is 6.47. The van der Waals surface area contributed by atoms with Gasteiger partial charge in [0.05, 0.1) is 0 Å². The summed E-state index contributed by atoms with van der Waals surface area (Å²) in [5, 5.41) is 3.00. The van der Waals surface area contributed by atoms with E-state index in [2.05, 4.69) is 67.6 Å². The molecule has 0 radical (unpaired) electrons. The average Bonchev–Trinajstić information content (AvgIpc) is 3.28. The summed E-state index contributed by atoms with van der Waals surface area (Å²) in [5.74, 6) is 0.682. The second-order valence-corrected chi connectivity index (χ2v) is 9.28. The van der Waals surface area contributed by atoms with Crippen LogP contribution in [0.2, 0.25) is 0 Å². The van der Waals surface area contributed by atoms with Crippen LogP contribution in [-0.2, 0) is 31.1 Å². The van der Waals surface area contributed by atoms with Crippen LogP contribution >= 0.6 is 0 Å². The van der Waals surface area contributed by atoms with Gasteiger partial charge in [-0.1, -0.05) is 0 Å². The Morgan fingerprint density at radius 2 is 1.68 bits per heavy atom. The summed E-state index contributed by atoms with van der Waals surface area (Å²) in [6.45, 7) is 2.41. The minimum atomic E-state index is 0. The predicted molar refractivity (Wildman–Crippen MR) is 105 cm³/mol. The van der Waals surface area contributed by atoms with E-state index in [4.69, 9.17) is 0 Å². The fourth-order valence-corrected chi connectivity index (χ4v) is 6.66. The molecule has 0 saturated heterocycles. The van der Waals surface area contributed by atoms with E-state index in [0.29, 0.717) is 9.54 Å². The summed E-state index contributed by atoms with van der Waals surface area (Å²) in [7, 11) is 0. The first kappa shape index (κ1) is 20.1. The van der Waals surface area contributed by atoms with Crippen molar-refractivity contribution in [3.63, 3.8) is 0 Å². The molecule has 2 atom stereocenters. The number of benzene rings is 3. The van der Waals surface area contributed by atoms with Gasteiger partial charge in [0, 0.05) is 0 Å². The van der Waals surface area contributed by atoms with Gasteiger partial charge in [-0.2, -0.15) is 0 Å². The first-order chi connectivity index (χ1) is 12.8. The summed E-state index contributed by atoms with van der Waals surface area (Å²) in [6.07, 6.45) is 9.09. The van der Waals surface area contributed by atoms with Crippen LogP contribution in [0.25, 0.3) is 27.5 Å². The molecular formula is C25H19Cl2Zr. The van der Waals surface area contributed by atoms with Gasteiger partial charge >= 0.3 is 170 Å². The number of hydrogen-bond donors (Lipinski definition) is 0. The molecule has 3 heteroatoms. The zero-order valence-corrected chi connectivity index (χ0v) is 19.6. The van der Waals surface area contributed by atoms with Crippen molar-refractivity contribution in [1.82, 2.24) is 0 Å². The fourth-order valence-electron chi connectivity index (χ4n) is 5.33. The van der Waals surface area contributed by atoms with Gasteiger partial charge < -0.3 is 24.8 Å². The summed E-state index contributed by atoms with van der Waals surface area (Å²) >= 11 is 1.60. The second-order valence-electron chi connectivity index (χ2n) is 7.86. The summed E-state index contributed by atoms with van der Waals surface area (Å²) < 4.78 is 0.560. The molecule has 0 fully saturated rings. The minimum Gasteiger partial charge on any atom is -1.00 e. The molecule has 3 aliphatic rings. The van der Waals surface area contributed by atoms with E-state index in [1.165, 1.54) is 28.3 Å². The van der Waals surface area contributed by atoms with Gasteiger partial charge in [-0.3, -0.25) is 0 Å². The minimum absolute atomic E-state index is 0. The topological polar surface area (TPSA) is 0 Å². The van der Waals surface area contributed by atoms with Crippen molar-refractivity contribution in [1.29, 1.82) is 0 Å². The molecule has 0 amide bonds. The normalized spacial score (nSPS) is 20.5. The molecule has 3 aliphatic carbocycles. The Bertz CT molecular complexity index is 1170. The van der Waals surface area contributed by atoms with Gasteiger partial charge in [0.1, 0.15) is 0 Å². The first-order valence-electron chi connectivity index (χ1n) is 9.53. The maximum absolute atomic E-state index is 2.41. The molecule has 0 bridgehead atoms. The quantitative estimate of drug-likeness (QED) is 0.474. The Hall–Kier alpha value is -1.14. The van der Waals surface area contributed by atoms with Crippen molar-refractivity contribution in [2.24, 2.45) is 0 Å². The summed E-state index contributed by atoms with van der Waals surface area (Å²) in [6, 6.07) is 16.1. The van der Waals surface area contributed by atoms with Gasteiger partial charge in [-0.05, 0) is 0 Å². The Kier molecular flexibility index (Phi) is 5.24. The largest absolute Gasteiger partial charge is 1.00 e. The van der Waals surface area contributed by atoms with Crippen molar-refractivity contribution in [3.05, 3.63) is 88.5 Å². The smallest absolute Gasteiger partial charge is 1.00 e. The van der Waals surface area contributed by atoms with Crippen molar-refractivity contribution in [3.8, 4) is 11.1 Å². The van der Waals surface area contributed by atoms with Crippen LogP contribution in [0, 0.1) is 0 Å². The molecule has 0 saturated carbocycles. The van der Waals surface area contributed by atoms with Gasteiger partial charge in [0.2, 0.25) is 0 Å². The van der Waals surface area contributed by atoms with Crippen molar-refractivity contribution >= 4 is 16.3 Å². The van der Waals surface area contributed by atoms with E-state index in [-0.39, 0.29) is 24.8 Å². The first-order valence-corrected chi connectivity index (χ1v) is 11.0. The van der Waals surface area contributed by atoms with Gasteiger partial charge in [-0.25, -0.2) is 0 Å². The van der Waals surface area contributed by atoms with Gasteiger partial charge in [0.15, 0.2) is 0 Å². The molecule has 3 aromatic carbocycles. The summed E-state index contributed by atoms with van der Waals surface area (Å²) in [4.78, 5) is 0. The molecule has 0 nitrogen and oxygen atoms in total. The second kappa shape index (κ2) is 7.28. The molecule has 0 spiro atoms. The Morgan fingerprint density at radius 3 is 2.39 bits per heavy atom. The predicted octanol–water partition coefficient (Wildman–Crippen LogP) is 0.467. The molecule has 28 heavy (non-hydrogen) atoms. The summed E-state index contributed by atoms with van der Waals surface area (Å²) in [5.41, 5.74) is 12.5. The standard InChI is InChI=1S/C25H19.2ClH.Zr/c1-15-13-21-19-10-4-5-11-20(19)22-14-17-9-6-12-18(16-7-2-3-8-16)24(17)25(22)23(15)21;;;/h2-7,9-12,14-15H,8,13H2,1H3;2*1H;/q;;;+2/p-2. The molecule has 0 heterocycles. The molecule has 0 aromatic heterocycles. The average molecular weight is 482 g/mol. The van der Waals surface area contributed by atoms with Gasteiger partial charge in [0.25, 0.3) is 0 Å². The number of halogens is 2. The third-order valence-corrected chi connectivity index (χ3v) is 7.95. The van der Waals surface area contributed by atoms with E-state index >= 15 is 0 Å². The molecule has 137 valence electrons. The van der Waals surface area contributed by atoms with E-state index in [1.807, 2.05) is 0 Å². The van der Waals surface area contributed by atoms with E-state index in [9.17, 15) is 0 Å². The number of allylic oxidation sites excluding steroid dienone is 4. The van der Waals surface area contributed by atoms with Crippen LogP contribution in [0.3, 0.4) is 0 Å². The van der Waals surface area contributed by atoms with Crippen LogP contribution in [-0.4, -0.2) is 0 Å². The molecule has 6 rings (SSSR count). The monoisotopic (exact) mass is 479 g/mol. The van der Waals surface area contributed by atoms with E-state index in [0.717, 1.165) is 6.42 Å². The number of fused-ring (bicyclic) bond motifs is 8. The molecule has 3 aromatic rings. The molecule has 0 N–H and O–H groups in total. The van der Waals surface area contributed by atoms with Gasteiger partial charge in [-0.15, -0.1) is 0 Å². The number of rotatable bonds is 1. The van der Waals surface area contributed by atoms with Crippen molar-refractivity contribution in [2.75, 3.05) is 0 Å². The zero-order chi connectivity index (χ0) is 17.4. The fraction of sp³-hybridized carbons (Fsp3) is 0.200. The molecular weight excluding hydrogens is 462 g/mol. The third kappa shape index (κ3) is 2.53. The Balaban J connectivity index is 0.000000961. The van der Waals surface area contributed by atoms with Crippen molar-refractivity contribution < 1.29 is 49.5 Å². The van der Waals surface area contributed by atoms with Crippen LogP contribution in [0.1, 0.15) is 50.7 Å². The molecule has 2 unspecified atom stereocenters. The Morgan fingerprint density at radius 1 is 0.893 bits per heavy atom. The maximum atomic E-state index is 2.41. The van der Waals surface area contributed by atoms with E-state index in [1.54, 1.807) is 58.1 Å². The van der Waals surface area contributed by atoms with Crippen LogP contribution < -0.4 is 24.8 Å². The van der Waals surface area contributed by atoms with Crippen LogP contribution in [0.15, 0.2) is 60.7 Å². The maximum Gasteiger partial charge on any atom is -1.00 e. The van der Waals surface area contributed by atoms with E-state index < -0.39 is 0 Å². The van der Waals surface area contributed by atoms with Crippen molar-refractivity contribution in [2.45, 2.75) is 29.3 Å². The van der Waals surface area contributed by atoms with Crippen LogP contribution in [0.4, 0.5) is 0 Å². The Labute approximate surface area is 193 Å².